The van der Waals surface area contributed by atoms with Crippen LogP contribution in [0.25, 0.3) is 0 Å². The van der Waals surface area contributed by atoms with Gasteiger partial charge >= 0.3 is 13.3 Å². The van der Waals surface area contributed by atoms with Gasteiger partial charge in [-0.05, 0) is 51.7 Å². The zero-order valence-corrected chi connectivity index (χ0v) is 12.8. The third-order valence-corrected chi connectivity index (χ3v) is 4.08. The number of aryl methyl sites for hydroxylation is 1. The fourth-order valence-electron chi connectivity index (χ4n) is 2.05. The fraction of sp³-hybridized carbons (Fsp3) is 0.643. The molecule has 1 aromatic heterocycles. The fourth-order valence-corrected chi connectivity index (χ4v) is 2.05. The maximum absolute atomic E-state index is 12.9. The number of hydrogen-bond donors (Lipinski definition) is 0. The lowest BCUT2D eigenvalue weighted by atomic mass is 9.78. The topological polar surface area (TPSA) is 31.4 Å². The molecule has 1 fully saturated rings. The molecule has 0 spiro atoms. The molecule has 0 atom stereocenters. The van der Waals surface area contributed by atoms with Crippen molar-refractivity contribution < 1.29 is 22.5 Å². The largest absolute Gasteiger partial charge is 0.494 e. The highest BCUT2D eigenvalue weighted by Gasteiger charge is 2.52. The smallest absolute Gasteiger partial charge is 0.399 e. The minimum atomic E-state index is -4.48. The zero-order valence-electron chi connectivity index (χ0n) is 12.8. The Hall–Kier alpha value is -1.08. The van der Waals surface area contributed by atoms with E-state index in [9.17, 15) is 13.2 Å². The summed E-state index contributed by atoms with van der Waals surface area (Å²) in [6.45, 7) is 9.20. The van der Waals surface area contributed by atoms with Gasteiger partial charge in [0.05, 0.1) is 11.2 Å². The van der Waals surface area contributed by atoms with Crippen molar-refractivity contribution in [3.05, 3.63) is 23.5 Å². The predicted octanol–water partition coefficient (Wildman–Crippen LogP) is 2.96. The standard InChI is InChI=1S/C14H19BF3NO2/c1-6-10-7-9(8-11(19-10)14(16,17)18)15-20-12(2,3)13(4,5)21-15/h7-8H,6H2,1-5H3. The summed E-state index contributed by atoms with van der Waals surface area (Å²) in [7, 11) is -0.815. The first kappa shape index (κ1) is 16.3. The van der Waals surface area contributed by atoms with Crippen molar-refractivity contribution in [3.8, 4) is 0 Å². The molecule has 1 aliphatic heterocycles. The molecule has 0 aromatic carbocycles. The van der Waals surface area contributed by atoms with Crippen molar-refractivity contribution >= 4 is 12.6 Å². The molecule has 2 rings (SSSR count). The Balaban J connectivity index is 2.42. The number of nitrogens with zero attached hydrogens (tertiary/aromatic N) is 1. The van der Waals surface area contributed by atoms with Crippen LogP contribution in [0.1, 0.15) is 46.0 Å². The van der Waals surface area contributed by atoms with Crippen molar-refractivity contribution in [2.75, 3.05) is 0 Å². The number of alkyl halides is 3. The van der Waals surface area contributed by atoms with Crippen LogP contribution in [-0.2, 0) is 21.9 Å². The molecule has 0 aliphatic carbocycles. The van der Waals surface area contributed by atoms with Gasteiger partial charge in [0, 0.05) is 5.69 Å². The summed E-state index contributed by atoms with van der Waals surface area (Å²) in [5, 5.41) is 0. The molecule has 3 nitrogen and oxygen atoms in total. The summed E-state index contributed by atoms with van der Waals surface area (Å²) in [5.41, 5.74) is -1.37. The summed E-state index contributed by atoms with van der Waals surface area (Å²) in [6, 6.07) is 2.61. The number of halogens is 3. The predicted molar refractivity (Wildman–Crippen MR) is 74.3 cm³/mol. The quantitative estimate of drug-likeness (QED) is 0.787. The highest BCUT2D eigenvalue weighted by Crippen LogP contribution is 2.37. The lowest BCUT2D eigenvalue weighted by molar-refractivity contribution is -0.141. The van der Waals surface area contributed by atoms with Crippen molar-refractivity contribution in [3.63, 3.8) is 0 Å². The van der Waals surface area contributed by atoms with Crippen LogP contribution in [0.2, 0.25) is 0 Å². The maximum atomic E-state index is 12.9. The van der Waals surface area contributed by atoms with E-state index < -0.39 is 30.2 Å². The van der Waals surface area contributed by atoms with Crippen molar-refractivity contribution in [2.45, 2.75) is 58.4 Å². The van der Waals surface area contributed by atoms with E-state index in [-0.39, 0.29) is 0 Å². The van der Waals surface area contributed by atoms with Crippen molar-refractivity contribution in [1.29, 1.82) is 0 Å². The maximum Gasteiger partial charge on any atom is 0.494 e. The summed E-state index contributed by atoms with van der Waals surface area (Å²) in [6.07, 6.45) is -4.07. The molecule has 0 bridgehead atoms. The summed E-state index contributed by atoms with van der Waals surface area (Å²) < 4.78 is 50.4. The Morgan fingerprint density at radius 1 is 1.10 bits per heavy atom. The molecule has 0 saturated carbocycles. The van der Waals surface area contributed by atoms with Gasteiger partial charge in [0.1, 0.15) is 5.69 Å². The number of rotatable bonds is 2. The molecule has 7 heteroatoms. The van der Waals surface area contributed by atoms with Gasteiger partial charge in [-0.1, -0.05) is 6.92 Å². The summed E-state index contributed by atoms with van der Waals surface area (Å²) in [4.78, 5) is 3.63. The van der Waals surface area contributed by atoms with Crippen LogP contribution < -0.4 is 5.46 Å². The Morgan fingerprint density at radius 2 is 1.62 bits per heavy atom. The number of pyridine rings is 1. The molecule has 2 heterocycles. The van der Waals surface area contributed by atoms with Crippen LogP contribution >= 0.6 is 0 Å². The van der Waals surface area contributed by atoms with E-state index in [1.807, 2.05) is 27.7 Å². The van der Waals surface area contributed by atoms with Gasteiger partial charge in [0.25, 0.3) is 0 Å². The minimum absolute atomic E-state index is 0.354. The van der Waals surface area contributed by atoms with E-state index in [1.54, 1.807) is 13.0 Å². The van der Waals surface area contributed by atoms with Crippen LogP contribution in [0.15, 0.2) is 12.1 Å². The minimum Gasteiger partial charge on any atom is -0.399 e. The average Bonchev–Trinajstić information content (AvgIpc) is 2.57. The molecule has 1 aliphatic rings. The Bertz CT molecular complexity index is 528. The zero-order chi connectivity index (χ0) is 16.1. The Kier molecular flexibility index (Phi) is 3.87. The Labute approximate surface area is 123 Å². The summed E-state index contributed by atoms with van der Waals surface area (Å²) >= 11 is 0. The first-order chi connectivity index (χ1) is 9.46. The summed E-state index contributed by atoms with van der Waals surface area (Å²) in [5.74, 6) is 0. The van der Waals surface area contributed by atoms with Gasteiger partial charge in [-0.3, -0.25) is 0 Å². The molecule has 21 heavy (non-hydrogen) atoms. The molecular formula is C14H19BF3NO2. The monoisotopic (exact) mass is 301 g/mol. The van der Waals surface area contributed by atoms with E-state index in [0.717, 1.165) is 6.07 Å². The van der Waals surface area contributed by atoms with E-state index in [4.69, 9.17) is 9.31 Å². The first-order valence-corrected chi connectivity index (χ1v) is 6.90. The second-order valence-electron chi connectivity index (χ2n) is 6.22. The van der Waals surface area contributed by atoms with E-state index in [0.29, 0.717) is 17.6 Å². The molecule has 1 saturated heterocycles. The SMILES string of the molecule is CCc1cc(B2OC(C)(C)C(C)(C)O2)cc(C(F)(F)F)n1. The van der Waals surface area contributed by atoms with Crippen LogP contribution in [-0.4, -0.2) is 23.3 Å². The van der Waals surface area contributed by atoms with Crippen LogP contribution in [0.5, 0.6) is 0 Å². The van der Waals surface area contributed by atoms with E-state index in [2.05, 4.69) is 4.98 Å². The van der Waals surface area contributed by atoms with Gasteiger partial charge in [0.15, 0.2) is 0 Å². The number of hydrogen-bond acceptors (Lipinski definition) is 3. The average molecular weight is 301 g/mol. The van der Waals surface area contributed by atoms with Gasteiger partial charge in [-0.2, -0.15) is 13.2 Å². The Morgan fingerprint density at radius 3 is 2.05 bits per heavy atom. The van der Waals surface area contributed by atoms with Gasteiger partial charge < -0.3 is 9.31 Å². The third-order valence-electron chi connectivity index (χ3n) is 4.08. The highest BCUT2D eigenvalue weighted by molar-refractivity contribution is 6.62. The second-order valence-corrected chi connectivity index (χ2v) is 6.22. The van der Waals surface area contributed by atoms with Crippen LogP contribution in [0, 0.1) is 0 Å². The van der Waals surface area contributed by atoms with Crippen LogP contribution in [0.3, 0.4) is 0 Å². The van der Waals surface area contributed by atoms with Gasteiger partial charge in [-0.15, -0.1) is 0 Å². The van der Waals surface area contributed by atoms with E-state index in [1.165, 1.54) is 0 Å². The third kappa shape index (κ3) is 3.08. The van der Waals surface area contributed by atoms with Crippen molar-refractivity contribution in [2.24, 2.45) is 0 Å². The van der Waals surface area contributed by atoms with Gasteiger partial charge in [0.2, 0.25) is 0 Å². The highest BCUT2D eigenvalue weighted by atomic mass is 19.4. The second kappa shape index (κ2) is 4.99. The molecular weight excluding hydrogens is 282 g/mol. The van der Waals surface area contributed by atoms with Gasteiger partial charge in [-0.25, -0.2) is 4.98 Å². The lowest BCUT2D eigenvalue weighted by Gasteiger charge is -2.32. The molecule has 0 unspecified atom stereocenters. The molecule has 1 aromatic rings. The lowest BCUT2D eigenvalue weighted by Crippen LogP contribution is -2.41. The van der Waals surface area contributed by atoms with Crippen molar-refractivity contribution in [1.82, 2.24) is 4.98 Å². The molecule has 0 amide bonds. The first-order valence-electron chi connectivity index (χ1n) is 6.90. The molecule has 0 N–H and O–H groups in total. The van der Waals surface area contributed by atoms with Crippen LogP contribution in [0.4, 0.5) is 13.2 Å². The molecule has 116 valence electrons. The normalized spacial score (nSPS) is 20.9. The number of aromatic nitrogens is 1. The molecule has 0 radical (unpaired) electrons. The van der Waals surface area contributed by atoms with E-state index >= 15 is 0 Å².